The van der Waals surface area contributed by atoms with Crippen molar-refractivity contribution >= 4 is 11.8 Å². The molecule has 2 aromatic rings. The largest absolute Gasteiger partial charge is 0.466 e. The van der Waals surface area contributed by atoms with Gasteiger partial charge in [-0.15, -0.1) is 0 Å². The van der Waals surface area contributed by atoms with Crippen molar-refractivity contribution in [1.82, 2.24) is 9.55 Å². The number of nitrogens with zero attached hydrogens (tertiary/aromatic N) is 1. The lowest BCUT2D eigenvalue weighted by Gasteiger charge is -2.28. The van der Waals surface area contributed by atoms with E-state index in [4.69, 9.17) is 5.73 Å². The third-order valence-electron chi connectivity index (χ3n) is 3.49. The van der Waals surface area contributed by atoms with Crippen LogP contribution in [0.25, 0.3) is 5.69 Å². The summed E-state index contributed by atoms with van der Waals surface area (Å²) in [7, 11) is 0.538. The third kappa shape index (κ3) is 2.73. The number of hydrogen-bond donors (Lipinski definition) is 3. The van der Waals surface area contributed by atoms with Gasteiger partial charge < -0.3 is 15.6 Å². The van der Waals surface area contributed by atoms with E-state index in [1.165, 1.54) is 17.1 Å². The molecule has 0 saturated carbocycles. The minimum Gasteiger partial charge on any atom is -0.466 e. The Kier molecular flexibility index (Phi) is 4.64. The van der Waals surface area contributed by atoms with Crippen molar-refractivity contribution in [1.29, 1.82) is 0 Å². The second-order valence-corrected chi connectivity index (χ2v) is 5.01. The highest BCUT2D eigenvalue weighted by Crippen LogP contribution is 2.40. The summed E-state index contributed by atoms with van der Waals surface area (Å²) in [5, 5.41) is 9.97. The number of aromatic amines is 1. The van der Waals surface area contributed by atoms with Crippen molar-refractivity contribution in [3.63, 3.8) is 0 Å². The van der Waals surface area contributed by atoms with Crippen LogP contribution in [-0.2, 0) is 15.1 Å². The number of esters is 1. The number of nitrogen functional groups attached to an aromatic ring is 1. The maximum Gasteiger partial charge on any atom is 0.432 e. The maximum atomic E-state index is 13.9. The molecule has 4 N–H and O–H groups in total. The molecule has 1 aromatic carbocycles. The number of methoxy groups -OCH3 is 1. The van der Waals surface area contributed by atoms with E-state index in [0.29, 0.717) is 7.11 Å². The van der Waals surface area contributed by atoms with Gasteiger partial charge in [0.15, 0.2) is 0 Å². The number of carbonyl (C=O) groups excluding carboxylic acids is 1. The van der Waals surface area contributed by atoms with Crippen LogP contribution < -0.4 is 17.0 Å². The van der Waals surface area contributed by atoms with Crippen molar-refractivity contribution in [2.24, 2.45) is 0 Å². The highest BCUT2D eigenvalue weighted by molar-refractivity contribution is 5.83. The molecule has 2 rings (SSSR count). The summed E-state index contributed by atoms with van der Waals surface area (Å²) in [5.74, 6) is -4.61. The Morgan fingerprint density at radius 1 is 1.27 bits per heavy atom. The molecule has 1 unspecified atom stereocenters. The number of alkyl halides is 3. The number of anilines is 1. The normalized spacial score (nSPS) is 13.9. The molecule has 0 radical (unpaired) electrons. The van der Waals surface area contributed by atoms with Gasteiger partial charge in [0.05, 0.1) is 12.8 Å². The van der Waals surface area contributed by atoms with E-state index in [1.807, 2.05) is 0 Å². The second kappa shape index (κ2) is 6.29. The zero-order valence-electron chi connectivity index (χ0n) is 12.9. The Hall–Kier alpha value is -3.15. The standard InChI is InChI=1S/C14H11F4N3O5/c1-26-11(23)13(25,14(16,17)18)8-9(19)21(12(24)20-10(8)22)7-5-3-2-4-6(7)15/h2-5,25H,19H2,1H3,(H,20,22,24). The highest BCUT2D eigenvalue weighted by atomic mass is 19.4. The Bertz CT molecular complexity index is 982. The number of halogens is 4. The lowest BCUT2D eigenvalue weighted by molar-refractivity contribution is -0.267. The number of para-hydroxylation sites is 1. The zero-order valence-corrected chi connectivity index (χ0v) is 12.9. The molecule has 26 heavy (non-hydrogen) atoms. The first-order valence-electron chi connectivity index (χ1n) is 6.74. The number of nitrogens with two attached hydrogens (primary N) is 1. The summed E-state index contributed by atoms with van der Waals surface area (Å²) >= 11 is 0. The van der Waals surface area contributed by atoms with Gasteiger partial charge >= 0.3 is 17.8 Å². The molecular formula is C14H11F4N3O5. The Morgan fingerprint density at radius 3 is 2.35 bits per heavy atom. The molecule has 0 bridgehead atoms. The number of nitrogens with one attached hydrogen (secondary N) is 1. The minimum atomic E-state index is -5.74. The van der Waals surface area contributed by atoms with Crippen LogP contribution in [0.4, 0.5) is 23.4 Å². The molecule has 0 spiro atoms. The van der Waals surface area contributed by atoms with Gasteiger partial charge in [-0.05, 0) is 12.1 Å². The van der Waals surface area contributed by atoms with Gasteiger partial charge in [-0.25, -0.2) is 18.5 Å². The van der Waals surface area contributed by atoms with Crippen molar-refractivity contribution < 1.29 is 32.2 Å². The van der Waals surface area contributed by atoms with Crippen molar-refractivity contribution in [3.8, 4) is 5.69 Å². The number of rotatable bonds is 3. The average Bonchev–Trinajstić information content (AvgIpc) is 2.54. The molecule has 0 aliphatic heterocycles. The number of aromatic nitrogens is 2. The topological polar surface area (TPSA) is 127 Å². The third-order valence-corrected chi connectivity index (χ3v) is 3.49. The highest BCUT2D eigenvalue weighted by Gasteiger charge is 2.64. The number of H-pyrrole nitrogens is 1. The molecule has 1 atom stereocenters. The second-order valence-electron chi connectivity index (χ2n) is 5.01. The molecule has 0 saturated heterocycles. The van der Waals surface area contributed by atoms with E-state index in [0.717, 1.165) is 12.1 Å². The van der Waals surface area contributed by atoms with Crippen LogP contribution in [0.2, 0.25) is 0 Å². The van der Waals surface area contributed by atoms with Gasteiger partial charge in [0.25, 0.3) is 11.2 Å². The first-order chi connectivity index (χ1) is 12.0. The summed E-state index contributed by atoms with van der Waals surface area (Å²) in [6, 6.07) is 4.33. The van der Waals surface area contributed by atoms with E-state index in [9.17, 15) is 37.1 Å². The quantitative estimate of drug-likeness (QED) is 0.517. The summed E-state index contributed by atoms with van der Waals surface area (Å²) in [6.07, 6.45) is -5.74. The minimum absolute atomic E-state index is 0.186. The molecule has 1 aromatic heterocycles. The molecule has 0 aliphatic carbocycles. The van der Waals surface area contributed by atoms with Gasteiger partial charge in [0, 0.05) is 0 Å². The van der Waals surface area contributed by atoms with Gasteiger partial charge in [-0.3, -0.25) is 9.78 Å². The van der Waals surface area contributed by atoms with Gasteiger partial charge in [-0.2, -0.15) is 13.2 Å². The summed E-state index contributed by atoms with van der Waals surface area (Å²) in [6.45, 7) is 0. The first-order valence-corrected chi connectivity index (χ1v) is 6.74. The van der Waals surface area contributed by atoms with Gasteiger partial charge in [0.2, 0.25) is 0 Å². The number of aliphatic hydroxyl groups is 1. The first kappa shape index (κ1) is 19.2. The van der Waals surface area contributed by atoms with Crippen LogP contribution in [0.5, 0.6) is 0 Å². The summed E-state index contributed by atoms with van der Waals surface area (Å²) in [5.41, 5.74) is -4.51. The maximum absolute atomic E-state index is 13.9. The fourth-order valence-electron chi connectivity index (χ4n) is 2.28. The molecule has 0 aliphatic rings. The van der Waals surface area contributed by atoms with Crippen LogP contribution in [0.1, 0.15) is 5.56 Å². The van der Waals surface area contributed by atoms with E-state index >= 15 is 0 Å². The number of benzene rings is 1. The summed E-state index contributed by atoms with van der Waals surface area (Å²) in [4.78, 5) is 37.0. The smallest absolute Gasteiger partial charge is 0.432 e. The Labute approximate surface area is 141 Å². The zero-order chi connectivity index (χ0) is 19.9. The van der Waals surface area contributed by atoms with Crippen LogP contribution >= 0.6 is 0 Å². The fourth-order valence-corrected chi connectivity index (χ4v) is 2.28. The number of carbonyl (C=O) groups is 1. The lowest BCUT2D eigenvalue weighted by Crippen LogP contribution is -2.54. The SMILES string of the molecule is COC(=O)C(O)(c1c(N)n(-c2ccccc2F)c(=O)[nH]c1=O)C(F)(F)F. The molecule has 1 heterocycles. The fraction of sp³-hybridized carbons (Fsp3) is 0.214. The molecule has 0 fully saturated rings. The summed E-state index contributed by atoms with van der Waals surface area (Å²) < 4.78 is 58.2. The van der Waals surface area contributed by atoms with Crippen molar-refractivity contribution in [3.05, 3.63) is 56.5 Å². The molecule has 0 amide bonds. The van der Waals surface area contributed by atoms with Crippen molar-refractivity contribution in [2.45, 2.75) is 11.8 Å². The Morgan fingerprint density at radius 2 is 1.85 bits per heavy atom. The number of hydrogen-bond acceptors (Lipinski definition) is 6. The van der Waals surface area contributed by atoms with Gasteiger partial charge in [0.1, 0.15) is 17.2 Å². The van der Waals surface area contributed by atoms with E-state index in [-0.39, 0.29) is 4.57 Å². The molecule has 8 nitrogen and oxygen atoms in total. The number of ether oxygens (including phenoxy) is 1. The van der Waals surface area contributed by atoms with E-state index in [2.05, 4.69) is 4.74 Å². The van der Waals surface area contributed by atoms with Gasteiger partial charge in [-0.1, -0.05) is 12.1 Å². The lowest BCUT2D eigenvalue weighted by atomic mass is 9.94. The molecular weight excluding hydrogens is 366 g/mol. The van der Waals surface area contributed by atoms with Crippen LogP contribution in [-0.4, -0.2) is 33.9 Å². The monoisotopic (exact) mass is 377 g/mol. The Balaban J connectivity index is 2.98. The van der Waals surface area contributed by atoms with E-state index in [1.54, 1.807) is 0 Å². The van der Waals surface area contributed by atoms with Crippen LogP contribution in [0.15, 0.2) is 33.9 Å². The van der Waals surface area contributed by atoms with Crippen molar-refractivity contribution in [2.75, 3.05) is 12.8 Å². The predicted molar refractivity (Wildman–Crippen MR) is 79.0 cm³/mol. The van der Waals surface area contributed by atoms with E-state index < -0.39 is 51.9 Å². The predicted octanol–water partition coefficient (Wildman–Crippen LogP) is 0.170. The molecule has 140 valence electrons. The average molecular weight is 377 g/mol. The molecule has 12 heteroatoms. The van der Waals surface area contributed by atoms with Crippen LogP contribution in [0.3, 0.4) is 0 Å². The van der Waals surface area contributed by atoms with Crippen LogP contribution in [0, 0.1) is 5.82 Å².